The lowest BCUT2D eigenvalue weighted by atomic mass is 9.99. The van der Waals surface area contributed by atoms with Crippen LogP contribution in [0.4, 0.5) is 5.13 Å². The van der Waals surface area contributed by atoms with Crippen molar-refractivity contribution >= 4 is 22.4 Å². The second kappa shape index (κ2) is 6.97. The van der Waals surface area contributed by atoms with E-state index in [1.807, 2.05) is 35.7 Å². The summed E-state index contributed by atoms with van der Waals surface area (Å²) in [7, 11) is 0. The first-order valence-corrected chi connectivity index (χ1v) is 8.78. The number of hydrogen-bond donors (Lipinski definition) is 1. The molecule has 1 amide bonds. The quantitative estimate of drug-likeness (QED) is 0.735. The Morgan fingerprint density at radius 3 is 2.50 bits per heavy atom. The third-order valence-corrected chi connectivity index (χ3v) is 4.83. The van der Waals surface area contributed by atoms with Gasteiger partial charge in [0.25, 0.3) is 0 Å². The number of rotatable bonds is 4. The first-order chi connectivity index (χ1) is 11.5. The van der Waals surface area contributed by atoms with Gasteiger partial charge in [0.05, 0.1) is 12.1 Å². The molecule has 1 aromatic heterocycles. The van der Waals surface area contributed by atoms with E-state index in [0.717, 1.165) is 16.8 Å². The van der Waals surface area contributed by atoms with Gasteiger partial charge in [-0.2, -0.15) is 0 Å². The Morgan fingerprint density at radius 1 is 1.04 bits per heavy atom. The van der Waals surface area contributed by atoms with Crippen LogP contribution in [0.3, 0.4) is 0 Å². The summed E-state index contributed by atoms with van der Waals surface area (Å²) in [5.74, 6) is -0.0427. The minimum absolute atomic E-state index is 0.0427. The van der Waals surface area contributed by atoms with Crippen LogP contribution >= 0.6 is 11.3 Å². The van der Waals surface area contributed by atoms with Crippen molar-refractivity contribution in [3.63, 3.8) is 0 Å². The van der Waals surface area contributed by atoms with Crippen LogP contribution < -0.4 is 5.32 Å². The van der Waals surface area contributed by atoms with E-state index in [4.69, 9.17) is 0 Å². The van der Waals surface area contributed by atoms with E-state index in [1.54, 1.807) is 0 Å². The predicted molar refractivity (Wildman–Crippen MR) is 101 cm³/mol. The molecule has 0 unspecified atom stereocenters. The molecule has 0 aliphatic heterocycles. The van der Waals surface area contributed by atoms with E-state index in [1.165, 1.54) is 28.0 Å². The maximum atomic E-state index is 12.1. The zero-order valence-electron chi connectivity index (χ0n) is 14.1. The number of carbonyl (C=O) groups excluding carboxylic acids is 1. The molecule has 0 radical (unpaired) electrons. The Morgan fingerprint density at radius 2 is 1.75 bits per heavy atom. The molecule has 3 nitrogen and oxygen atoms in total. The van der Waals surface area contributed by atoms with Gasteiger partial charge < -0.3 is 5.32 Å². The van der Waals surface area contributed by atoms with Crippen LogP contribution in [0.1, 0.15) is 22.3 Å². The average Bonchev–Trinajstić information content (AvgIpc) is 3.00. The molecule has 0 aliphatic carbocycles. The molecule has 1 N–H and O–H groups in total. The van der Waals surface area contributed by atoms with E-state index in [0.29, 0.717) is 11.6 Å². The Kier molecular flexibility index (Phi) is 4.76. The predicted octanol–water partition coefficient (Wildman–Crippen LogP) is 4.92. The first-order valence-electron chi connectivity index (χ1n) is 7.90. The zero-order valence-corrected chi connectivity index (χ0v) is 14.9. The molecule has 122 valence electrons. The van der Waals surface area contributed by atoms with E-state index in [2.05, 4.69) is 43.2 Å². The highest BCUT2D eigenvalue weighted by Crippen LogP contribution is 2.29. The molecule has 3 aromatic rings. The lowest BCUT2D eigenvalue weighted by Crippen LogP contribution is -2.14. The smallest absolute Gasteiger partial charge is 0.230 e. The van der Waals surface area contributed by atoms with Crippen molar-refractivity contribution in [3.05, 3.63) is 70.1 Å². The maximum absolute atomic E-state index is 12.1. The van der Waals surface area contributed by atoms with Gasteiger partial charge in [0.1, 0.15) is 0 Å². The summed E-state index contributed by atoms with van der Waals surface area (Å²) in [6.07, 6.45) is 0.360. The van der Waals surface area contributed by atoms with Gasteiger partial charge >= 0.3 is 0 Å². The minimum atomic E-state index is -0.0427. The SMILES string of the molecule is Cc1cc(C)c(-c2csc(NC(=O)Cc3ccccc3)n2)cc1C. The minimum Gasteiger partial charge on any atom is -0.302 e. The Balaban J connectivity index is 1.74. The molecule has 0 saturated carbocycles. The van der Waals surface area contributed by atoms with Crippen LogP contribution in [0.25, 0.3) is 11.3 Å². The number of nitrogens with zero attached hydrogens (tertiary/aromatic N) is 1. The van der Waals surface area contributed by atoms with Crippen LogP contribution in [-0.2, 0) is 11.2 Å². The fourth-order valence-corrected chi connectivity index (χ4v) is 3.36. The van der Waals surface area contributed by atoms with Gasteiger partial charge in [-0.1, -0.05) is 36.4 Å². The van der Waals surface area contributed by atoms with Crippen molar-refractivity contribution in [3.8, 4) is 11.3 Å². The second-order valence-corrected chi connectivity index (χ2v) is 6.86. The molecular formula is C20H20N2OS. The summed E-state index contributed by atoms with van der Waals surface area (Å²) in [5, 5.41) is 5.53. The standard InChI is InChI=1S/C20H20N2OS/c1-13-9-15(3)17(10-14(13)2)18-12-24-20(21-18)22-19(23)11-16-7-5-4-6-8-16/h4-10,12H,11H2,1-3H3,(H,21,22,23). The average molecular weight is 336 g/mol. The van der Waals surface area contributed by atoms with Crippen molar-refractivity contribution < 1.29 is 4.79 Å². The van der Waals surface area contributed by atoms with Gasteiger partial charge in [-0.05, 0) is 49.1 Å². The summed E-state index contributed by atoms with van der Waals surface area (Å²) >= 11 is 1.46. The molecule has 2 aromatic carbocycles. The summed E-state index contributed by atoms with van der Waals surface area (Å²) in [6, 6.07) is 14.1. The van der Waals surface area contributed by atoms with Crippen molar-refractivity contribution in [1.82, 2.24) is 4.98 Å². The number of carbonyl (C=O) groups is 1. The topological polar surface area (TPSA) is 42.0 Å². The van der Waals surface area contributed by atoms with Gasteiger partial charge in [0.2, 0.25) is 5.91 Å². The third kappa shape index (κ3) is 3.71. The summed E-state index contributed by atoms with van der Waals surface area (Å²) < 4.78 is 0. The van der Waals surface area contributed by atoms with E-state index in [-0.39, 0.29) is 5.91 Å². The van der Waals surface area contributed by atoms with Gasteiger partial charge in [0, 0.05) is 10.9 Å². The second-order valence-electron chi connectivity index (χ2n) is 6.00. The number of thiazole rings is 1. The summed E-state index contributed by atoms with van der Waals surface area (Å²) in [6.45, 7) is 6.31. The number of aromatic nitrogens is 1. The monoisotopic (exact) mass is 336 g/mol. The molecule has 0 atom stereocenters. The van der Waals surface area contributed by atoms with Gasteiger partial charge in [-0.15, -0.1) is 11.3 Å². The summed E-state index contributed by atoms with van der Waals surface area (Å²) in [5.41, 5.74) is 6.76. The number of hydrogen-bond acceptors (Lipinski definition) is 3. The van der Waals surface area contributed by atoms with Crippen LogP contribution in [0.15, 0.2) is 47.8 Å². The Labute approximate surface area is 146 Å². The van der Waals surface area contributed by atoms with Crippen molar-refractivity contribution in [2.75, 3.05) is 5.32 Å². The Hall–Kier alpha value is -2.46. The lowest BCUT2D eigenvalue weighted by Gasteiger charge is -2.07. The zero-order chi connectivity index (χ0) is 17.1. The van der Waals surface area contributed by atoms with Crippen molar-refractivity contribution in [2.24, 2.45) is 0 Å². The van der Waals surface area contributed by atoms with E-state index in [9.17, 15) is 4.79 Å². The molecule has 0 bridgehead atoms. The lowest BCUT2D eigenvalue weighted by molar-refractivity contribution is -0.115. The first kappa shape index (κ1) is 16.4. The van der Waals surface area contributed by atoms with Crippen molar-refractivity contribution in [1.29, 1.82) is 0 Å². The third-order valence-electron chi connectivity index (χ3n) is 4.07. The summed E-state index contributed by atoms with van der Waals surface area (Å²) in [4.78, 5) is 16.7. The van der Waals surface area contributed by atoms with Crippen molar-refractivity contribution in [2.45, 2.75) is 27.2 Å². The number of aryl methyl sites for hydroxylation is 3. The van der Waals surface area contributed by atoms with Crippen LogP contribution in [0, 0.1) is 20.8 Å². The molecule has 1 heterocycles. The van der Waals surface area contributed by atoms with Gasteiger partial charge in [-0.25, -0.2) is 4.98 Å². The molecule has 0 saturated heterocycles. The van der Waals surface area contributed by atoms with Gasteiger partial charge in [-0.3, -0.25) is 4.79 Å². The highest BCUT2D eigenvalue weighted by Gasteiger charge is 2.11. The molecule has 0 spiro atoms. The highest BCUT2D eigenvalue weighted by molar-refractivity contribution is 7.14. The number of benzene rings is 2. The van der Waals surface area contributed by atoms with E-state index >= 15 is 0 Å². The van der Waals surface area contributed by atoms with Crippen LogP contribution in [0.2, 0.25) is 0 Å². The van der Waals surface area contributed by atoms with Crippen LogP contribution in [0.5, 0.6) is 0 Å². The molecule has 0 fully saturated rings. The van der Waals surface area contributed by atoms with Gasteiger partial charge in [0.15, 0.2) is 5.13 Å². The fraction of sp³-hybridized carbons (Fsp3) is 0.200. The molecule has 0 aliphatic rings. The number of nitrogens with one attached hydrogen (secondary N) is 1. The van der Waals surface area contributed by atoms with Crippen LogP contribution in [-0.4, -0.2) is 10.9 Å². The molecular weight excluding hydrogens is 316 g/mol. The normalized spacial score (nSPS) is 10.6. The number of amides is 1. The maximum Gasteiger partial charge on any atom is 0.230 e. The largest absolute Gasteiger partial charge is 0.302 e. The molecule has 3 rings (SSSR count). The highest BCUT2D eigenvalue weighted by atomic mass is 32.1. The van der Waals surface area contributed by atoms with E-state index < -0.39 is 0 Å². The number of anilines is 1. The Bertz CT molecular complexity index is 869. The molecule has 4 heteroatoms. The fourth-order valence-electron chi connectivity index (χ4n) is 2.64. The molecule has 24 heavy (non-hydrogen) atoms.